The molecule has 0 amide bonds. The van der Waals surface area contributed by atoms with Crippen molar-refractivity contribution >= 4 is 11.0 Å². The van der Waals surface area contributed by atoms with Crippen molar-refractivity contribution in [1.29, 1.82) is 0 Å². The number of aliphatic hydroxyl groups excluding tert-OH is 4. The van der Waals surface area contributed by atoms with E-state index in [4.69, 9.17) is 13.9 Å². The first kappa shape index (κ1) is 22.6. The lowest BCUT2D eigenvalue weighted by atomic mass is 9.99. The Morgan fingerprint density at radius 2 is 1.61 bits per heavy atom. The standard InChI is InChI=1S/C21H20O12/c22-6-13-15(27)17(29)18(30)21(32-13)33-20-16(28)14-11(26)4-8(23)5-12(14)31-19(20)7-1-2-9(24)10(25)3-7/h1-5,13,15,17-18,21-27,29-30H,6H2/t13-,15+,17?,18?,21+/m1/s1. The van der Waals surface area contributed by atoms with Gasteiger partial charge in [0.1, 0.15) is 46.9 Å². The Kier molecular flexibility index (Phi) is 5.78. The Morgan fingerprint density at radius 3 is 2.27 bits per heavy atom. The molecule has 176 valence electrons. The van der Waals surface area contributed by atoms with Gasteiger partial charge in [-0.05, 0) is 18.2 Å². The Bertz CT molecular complexity index is 1250. The van der Waals surface area contributed by atoms with Crippen LogP contribution in [-0.2, 0) is 4.74 Å². The van der Waals surface area contributed by atoms with Crippen molar-refractivity contribution in [2.24, 2.45) is 0 Å². The van der Waals surface area contributed by atoms with E-state index in [0.717, 1.165) is 24.3 Å². The largest absolute Gasteiger partial charge is 0.508 e. The second kappa shape index (κ2) is 8.42. The lowest BCUT2D eigenvalue weighted by Crippen LogP contribution is -2.60. The number of aromatic hydroxyl groups is 4. The first-order valence-electron chi connectivity index (χ1n) is 9.64. The smallest absolute Gasteiger partial charge is 0.239 e. The third-order valence-electron chi connectivity index (χ3n) is 5.24. The fourth-order valence-corrected chi connectivity index (χ4v) is 3.51. The monoisotopic (exact) mass is 464 g/mol. The summed E-state index contributed by atoms with van der Waals surface area (Å²) in [6, 6.07) is 5.36. The van der Waals surface area contributed by atoms with Crippen LogP contribution < -0.4 is 10.2 Å². The summed E-state index contributed by atoms with van der Waals surface area (Å²) in [7, 11) is 0. The van der Waals surface area contributed by atoms with Gasteiger partial charge in [0.2, 0.25) is 17.5 Å². The van der Waals surface area contributed by atoms with Crippen LogP contribution in [0.25, 0.3) is 22.3 Å². The SMILES string of the molecule is O=c1c(O[C@@H]2O[C@H](CO)[C@H](O)C(O)C2O)c(-c2ccc(O)c(O)c2)oc2cc(O)cc(O)c12. The van der Waals surface area contributed by atoms with Crippen molar-refractivity contribution in [3.8, 4) is 40.1 Å². The van der Waals surface area contributed by atoms with Gasteiger partial charge in [0.15, 0.2) is 17.3 Å². The fraction of sp³-hybridized carbons (Fsp3) is 0.286. The van der Waals surface area contributed by atoms with Crippen LogP contribution in [0.2, 0.25) is 0 Å². The van der Waals surface area contributed by atoms with Gasteiger partial charge in [0.25, 0.3) is 0 Å². The van der Waals surface area contributed by atoms with E-state index >= 15 is 0 Å². The van der Waals surface area contributed by atoms with Crippen molar-refractivity contribution < 1.29 is 54.7 Å². The molecule has 2 heterocycles. The zero-order valence-corrected chi connectivity index (χ0v) is 16.7. The molecule has 3 aromatic rings. The van der Waals surface area contributed by atoms with E-state index in [1.165, 1.54) is 6.07 Å². The minimum atomic E-state index is -1.85. The maximum absolute atomic E-state index is 13.2. The Labute approximate surface area is 184 Å². The van der Waals surface area contributed by atoms with Crippen LogP contribution >= 0.6 is 0 Å². The maximum Gasteiger partial charge on any atom is 0.239 e. The molecule has 12 heteroatoms. The van der Waals surface area contributed by atoms with E-state index in [9.17, 15) is 45.6 Å². The summed E-state index contributed by atoms with van der Waals surface area (Å²) < 4.78 is 16.5. The molecule has 5 atom stereocenters. The Balaban J connectivity index is 1.91. The average Bonchev–Trinajstić information content (AvgIpc) is 2.76. The Hall–Kier alpha value is -3.55. The van der Waals surface area contributed by atoms with Crippen molar-refractivity contribution in [1.82, 2.24) is 0 Å². The highest BCUT2D eigenvalue weighted by Gasteiger charge is 2.45. The van der Waals surface area contributed by atoms with Crippen LogP contribution in [0, 0.1) is 0 Å². The van der Waals surface area contributed by atoms with Gasteiger partial charge >= 0.3 is 0 Å². The lowest BCUT2D eigenvalue weighted by Gasteiger charge is -2.39. The van der Waals surface area contributed by atoms with E-state index in [2.05, 4.69) is 0 Å². The van der Waals surface area contributed by atoms with Gasteiger partial charge in [0, 0.05) is 17.7 Å². The quantitative estimate of drug-likeness (QED) is 0.229. The molecule has 0 aliphatic carbocycles. The number of fused-ring (bicyclic) bond motifs is 1. The predicted octanol–water partition coefficient (Wildman–Crippen LogP) is -0.539. The molecule has 12 nitrogen and oxygen atoms in total. The van der Waals surface area contributed by atoms with Crippen molar-refractivity contribution in [3.05, 3.63) is 40.6 Å². The van der Waals surface area contributed by atoms with Crippen LogP contribution in [0.5, 0.6) is 28.7 Å². The molecule has 8 N–H and O–H groups in total. The summed E-state index contributed by atoms with van der Waals surface area (Å²) in [6.45, 7) is -0.740. The molecule has 1 aliphatic heterocycles. The highest BCUT2D eigenvalue weighted by Crippen LogP contribution is 2.39. The minimum absolute atomic E-state index is 0.0201. The summed E-state index contributed by atoms with van der Waals surface area (Å²) >= 11 is 0. The van der Waals surface area contributed by atoms with Crippen LogP contribution in [0.3, 0.4) is 0 Å². The zero-order valence-electron chi connectivity index (χ0n) is 16.7. The molecule has 1 saturated heterocycles. The number of hydrogen-bond donors (Lipinski definition) is 8. The topological polar surface area (TPSA) is 211 Å². The molecule has 0 bridgehead atoms. The number of ether oxygens (including phenoxy) is 2. The number of hydrogen-bond acceptors (Lipinski definition) is 12. The molecule has 1 aliphatic rings. The molecule has 0 saturated carbocycles. The number of phenols is 4. The van der Waals surface area contributed by atoms with Gasteiger partial charge in [-0.1, -0.05) is 0 Å². The summed E-state index contributed by atoms with van der Waals surface area (Å²) in [6.07, 6.45) is -8.40. The van der Waals surface area contributed by atoms with E-state index < -0.39 is 71.5 Å². The average molecular weight is 464 g/mol. The molecular formula is C21H20O12. The molecule has 4 rings (SSSR count). The van der Waals surface area contributed by atoms with Gasteiger partial charge in [-0.25, -0.2) is 0 Å². The maximum atomic E-state index is 13.2. The molecule has 2 aromatic carbocycles. The third kappa shape index (κ3) is 3.90. The molecule has 2 unspecified atom stereocenters. The lowest BCUT2D eigenvalue weighted by molar-refractivity contribution is -0.277. The van der Waals surface area contributed by atoms with Crippen LogP contribution in [0.1, 0.15) is 0 Å². The number of aliphatic hydroxyl groups is 4. The fourth-order valence-electron chi connectivity index (χ4n) is 3.51. The first-order chi connectivity index (χ1) is 15.6. The van der Waals surface area contributed by atoms with E-state index in [1.54, 1.807) is 0 Å². The molecule has 33 heavy (non-hydrogen) atoms. The summed E-state index contributed by atoms with van der Waals surface area (Å²) in [5.74, 6) is -3.05. The molecule has 1 fully saturated rings. The van der Waals surface area contributed by atoms with E-state index in [-0.39, 0.29) is 22.3 Å². The molecule has 0 radical (unpaired) electrons. The first-order valence-corrected chi connectivity index (χ1v) is 9.64. The van der Waals surface area contributed by atoms with Crippen LogP contribution in [0.15, 0.2) is 39.5 Å². The number of phenolic OH excluding ortho intramolecular Hbond substituents is 4. The highest BCUT2D eigenvalue weighted by molar-refractivity contribution is 5.88. The second-order valence-corrected chi connectivity index (χ2v) is 7.45. The van der Waals surface area contributed by atoms with Gasteiger partial charge in [-0.15, -0.1) is 0 Å². The zero-order chi connectivity index (χ0) is 24.0. The summed E-state index contributed by atoms with van der Waals surface area (Å²) in [5, 5.41) is 78.7. The molecule has 1 aromatic heterocycles. The predicted molar refractivity (Wildman–Crippen MR) is 109 cm³/mol. The normalized spacial score (nSPS) is 25.3. The van der Waals surface area contributed by atoms with Gasteiger partial charge in [0.05, 0.1) is 6.61 Å². The highest BCUT2D eigenvalue weighted by atomic mass is 16.7. The van der Waals surface area contributed by atoms with E-state index in [1.807, 2.05) is 0 Å². The second-order valence-electron chi connectivity index (χ2n) is 7.45. The van der Waals surface area contributed by atoms with Gasteiger partial charge in [-0.2, -0.15) is 0 Å². The molecular weight excluding hydrogens is 444 g/mol. The van der Waals surface area contributed by atoms with Crippen LogP contribution in [0.4, 0.5) is 0 Å². The summed E-state index contributed by atoms with van der Waals surface area (Å²) in [4.78, 5) is 13.2. The Morgan fingerprint density at radius 1 is 0.879 bits per heavy atom. The van der Waals surface area contributed by atoms with Gasteiger partial charge in [-0.3, -0.25) is 4.79 Å². The minimum Gasteiger partial charge on any atom is -0.508 e. The van der Waals surface area contributed by atoms with Crippen molar-refractivity contribution in [2.45, 2.75) is 30.7 Å². The summed E-state index contributed by atoms with van der Waals surface area (Å²) in [5.41, 5.74) is -1.19. The van der Waals surface area contributed by atoms with E-state index in [0.29, 0.717) is 0 Å². The molecule has 0 spiro atoms. The van der Waals surface area contributed by atoms with Crippen LogP contribution in [-0.4, -0.2) is 78.2 Å². The van der Waals surface area contributed by atoms with Gasteiger partial charge < -0.3 is 54.7 Å². The number of rotatable bonds is 4. The third-order valence-corrected chi connectivity index (χ3v) is 5.24. The van der Waals surface area contributed by atoms with Crippen molar-refractivity contribution in [3.63, 3.8) is 0 Å². The number of benzene rings is 2. The van der Waals surface area contributed by atoms with Crippen molar-refractivity contribution in [2.75, 3.05) is 6.61 Å².